The van der Waals surface area contributed by atoms with Crippen LogP contribution in [0.1, 0.15) is 22.3 Å². The monoisotopic (exact) mass is 337 g/mol. The highest BCUT2D eigenvalue weighted by Gasteiger charge is 2.10. The van der Waals surface area contributed by atoms with Gasteiger partial charge in [-0.1, -0.05) is 12.1 Å². The molecular weight excluding hydrogens is 317 g/mol. The van der Waals surface area contributed by atoms with Crippen molar-refractivity contribution in [2.75, 3.05) is 5.73 Å². The van der Waals surface area contributed by atoms with Crippen molar-refractivity contribution in [2.24, 2.45) is 0 Å². The lowest BCUT2D eigenvalue weighted by atomic mass is 10.0. The number of phenolic OH excluding ortho intramolecular Hbond substituents is 1. The summed E-state index contributed by atoms with van der Waals surface area (Å²) in [6.07, 6.45) is 0.489. The van der Waals surface area contributed by atoms with E-state index in [4.69, 9.17) is 10.5 Å². The van der Waals surface area contributed by atoms with Crippen molar-refractivity contribution in [2.45, 2.75) is 20.3 Å². The molecule has 0 aliphatic rings. The zero-order valence-electron chi connectivity index (χ0n) is 14.2. The van der Waals surface area contributed by atoms with Crippen LogP contribution in [0.5, 0.6) is 17.2 Å². The van der Waals surface area contributed by atoms with Crippen LogP contribution in [0.3, 0.4) is 0 Å². The topological polar surface area (TPSA) is 55.5 Å². The minimum Gasteiger partial charge on any atom is -0.508 e. The zero-order chi connectivity index (χ0) is 18.0. The molecule has 0 aliphatic heterocycles. The van der Waals surface area contributed by atoms with Gasteiger partial charge >= 0.3 is 0 Å². The van der Waals surface area contributed by atoms with Gasteiger partial charge in [0, 0.05) is 17.7 Å². The first-order chi connectivity index (χ1) is 11.9. The molecule has 0 atom stereocenters. The SMILES string of the molecule is Cc1cc(N)cc(C)c1Oc1ccc(O)c(Cc2ccc(F)cc2)c1. The number of halogens is 1. The van der Waals surface area contributed by atoms with Gasteiger partial charge in [-0.2, -0.15) is 0 Å². The summed E-state index contributed by atoms with van der Waals surface area (Å²) in [5.41, 5.74) is 10.1. The molecule has 0 unspecified atom stereocenters. The smallest absolute Gasteiger partial charge is 0.133 e. The maximum Gasteiger partial charge on any atom is 0.133 e. The van der Waals surface area contributed by atoms with Crippen LogP contribution in [0.4, 0.5) is 10.1 Å². The predicted molar refractivity (Wildman–Crippen MR) is 97.7 cm³/mol. The molecule has 3 N–H and O–H groups in total. The number of rotatable bonds is 4. The Morgan fingerprint density at radius 1 is 0.960 bits per heavy atom. The lowest BCUT2D eigenvalue weighted by Crippen LogP contribution is -1.96. The summed E-state index contributed by atoms with van der Waals surface area (Å²) in [7, 11) is 0. The van der Waals surface area contributed by atoms with Gasteiger partial charge in [-0.25, -0.2) is 4.39 Å². The quantitative estimate of drug-likeness (QED) is 0.650. The van der Waals surface area contributed by atoms with Gasteiger partial charge in [0.1, 0.15) is 23.1 Å². The zero-order valence-corrected chi connectivity index (χ0v) is 14.2. The van der Waals surface area contributed by atoms with Crippen molar-refractivity contribution in [3.8, 4) is 17.2 Å². The van der Waals surface area contributed by atoms with E-state index in [0.29, 0.717) is 17.9 Å². The van der Waals surface area contributed by atoms with Crippen LogP contribution < -0.4 is 10.5 Å². The van der Waals surface area contributed by atoms with Crippen molar-refractivity contribution in [3.63, 3.8) is 0 Å². The molecule has 25 heavy (non-hydrogen) atoms. The van der Waals surface area contributed by atoms with Gasteiger partial charge in [0.25, 0.3) is 0 Å². The first kappa shape index (κ1) is 16.8. The average molecular weight is 337 g/mol. The number of nitrogens with two attached hydrogens (primary N) is 1. The van der Waals surface area contributed by atoms with Gasteiger partial charge in [-0.3, -0.25) is 0 Å². The molecule has 0 heterocycles. The lowest BCUT2D eigenvalue weighted by Gasteiger charge is -2.14. The highest BCUT2D eigenvalue weighted by atomic mass is 19.1. The van der Waals surface area contributed by atoms with Crippen LogP contribution in [0.2, 0.25) is 0 Å². The number of phenols is 1. The fourth-order valence-electron chi connectivity index (χ4n) is 2.85. The van der Waals surface area contributed by atoms with Crippen LogP contribution in [0, 0.1) is 19.7 Å². The van der Waals surface area contributed by atoms with Crippen molar-refractivity contribution in [1.29, 1.82) is 0 Å². The second-order valence-electron chi connectivity index (χ2n) is 6.18. The molecule has 3 rings (SSSR count). The third-order valence-corrected chi connectivity index (χ3v) is 4.06. The summed E-state index contributed by atoms with van der Waals surface area (Å²) in [6, 6.07) is 15.1. The number of anilines is 1. The number of hydrogen-bond acceptors (Lipinski definition) is 3. The van der Waals surface area contributed by atoms with Gasteiger partial charge in [0.15, 0.2) is 0 Å². The number of benzene rings is 3. The molecule has 0 fully saturated rings. The van der Waals surface area contributed by atoms with Gasteiger partial charge in [0.05, 0.1) is 0 Å². The van der Waals surface area contributed by atoms with Gasteiger partial charge in [0.2, 0.25) is 0 Å². The van der Waals surface area contributed by atoms with Crippen molar-refractivity contribution in [3.05, 3.63) is 82.7 Å². The maximum absolute atomic E-state index is 13.0. The largest absolute Gasteiger partial charge is 0.508 e. The summed E-state index contributed by atoms with van der Waals surface area (Å²) in [5, 5.41) is 10.1. The number of aromatic hydroxyl groups is 1. The molecule has 0 saturated carbocycles. The summed E-state index contributed by atoms with van der Waals surface area (Å²) >= 11 is 0. The van der Waals surface area contributed by atoms with E-state index in [1.165, 1.54) is 12.1 Å². The van der Waals surface area contributed by atoms with E-state index >= 15 is 0 Å². The molecule has 0 spiro atoms. The number of nitrogen functional groups attached to an aromatic ring is 1. The number of hydrogen-bond donors (Lipinski definition) is 2. The van der Waals surface area contributed by atoms with E-state index in [1.807, 2.05) is 26.0 Å². The molecule has 4 heteroatoms. The van der Waals surface area contributed by atoms with Gasteiger partial charge in [-0.15, -0.1) is 0 Å². The molecule has 3 nitrogen and oxygen atoms in total. The van der Waals surface area contributed by atoms with E-state index in [1.54, 1.807) is 30.3 Å². The molecule has 3 aromatic carbocycles. The van der Waals surface area contributed by atoms with Crippen LogP contribution in [-0.2, 0) is 6.42 Å². The highest BCUT2D eigenvalue weighted by molar-refractivity contribution is 5.54. The summed E-state index contributed by atoms with van der Waals surface area (Å²) in [4.78, 5) is 0. The van der Waals surface area contributed by atoms with Crippen molar-refractivity contribution in [1.82, 2.24) is 0 Å². The Morgan fingerprint density at radius 2 is 1.60 bits per heavy atom. The van der Waals surface area contributed by atoms with Crippen molar-refractivity contribution >= 4 is 5.69 Å². The van der Waals surface area contributed by atoms with E-state index in [9.17, 15) is 9.50 Å². The molecule has 0 aliphatic carbocycles. The lowest BCUT2D eigenvalue weighted by molar-refractivity contribution is 0.456. The maximum atomic E-state index is 13.0. The van der Waals surface area contributed by atoms with Crippen LogP contribution in [0.25, 0.3) is 0 Å². The predicted octanol–water partition coefficient (Wildman–Crippen LogP) is 5.11. The molecule has 0 bridgehead atoms. The highest BCUT2D eigenvalue weighted by Crippen LogP contribution is 2.33. The van der Waals surface area contributed by atoms with E-state index in [0.717, 1.165) is 28.0 Å². The Balaban J connectivity index is 1.88. The van der Waals surface area contributed by atoms with E-state index in [2.05, 4.69) is 0 Å². The Morgan fingerprint density at radius 3 is 2.24 bits per heavy atom. The Bertz CT molecular complexity index is 881. The summed E-state index contributed by atoms with van der Waals surface area (Å²) < 4.78 is 19.1. The molecule has 0 aromatic heterocycles. The second-order valence-corrected chi connectivity index (χ2v) is 6.18. The molecule has 128 valence electrons. The normalized spacial score (nSPS) is 10.7. The third-order valence-electron chi connectivity index (χ3n) is 4.06. The molecule has 0 radical (unpaired) electrons. The summed E-state index contributed by atoms with van der Waals surface area (Å²) in [6.45, 7) is 3.89. The first-order valence-electron chi connectivity index (χ1n) is 8.03. The minimum absolute atomic E-state index is 0.183. The third kappa shape index (κ3) is 3.91. The van der Waals surface area contributed by atoms with E-state index < -0.39 is 0 Å². The average Bonchev–Trinajstić information content (AvgIpc) is 2.56. The molecule has 0 saturated heterocycles. The Kier molecular flexibility index (Phi) is 4.61. The number of aryl methyl sites for hydroxylation is 2. The van der Waals surface area contributed by atoms with Crippen LogP contribution >= 0.6 is 0 Å². The molecular formula is C21H20FNO2. The Labute approximate surface area is 146 Å². The minimum atomic E-state index is -0.278. The van der Waals surface area contributed by atoms with E-state index in [-0.39, 0.29) is 11.6 Å². The molecule has 0 amide bonds. The summed E-state index contributed by atoms with van der Waals surface area (Å²) in [5.74, 6) is 1.29. The van der Waals surface area contributed by atoms with Crippen molar-refractivity contribution < 1.29 is 14.2 Å². The standard InChI is InChI=1S/C21H20FNO2/c1-13-9-18(23)10-14(2)21(13)25-19-7-8-20(24)16(12-19)11-15-3-5-17(22)6-4-15/h3-10,12,24H,11,23H2,1-2H3. The van der Waals surface area contributed by atoms with Crippen LogP contribution in [-0.4, -0.2) is 5.11 Å². The number of ether oxygens (including phenoxy) is 1. The van der Waals surface area contributed by atoms with Crippen LogP contribution in [0.15, 0.2) is 54.6 Å². The fourth-order valence-corrected chi connectivity index (χ4v) is 2.85. The van der Waals surface area contributed by atoms with Gasteiger partial charge < -0.3 is 15.6 Å². The Hall–Kier alpha value is -3.01. The first-order valence-corrected chi connectivity index (χ1v) is 8.03. The molecule has 3 aromatic rings. The fraction of sp³-hybridized carbons (Fsp3) is 0.143. The van der Waals surface area contributed by atoms with Gasteiger partial charge in [-0.05, 0) is 73.0 Å². The second kappa shape index (κ2) is 6.85.